The van der Waals surface area contributed by atoms with Crippen LogP contribution in [0.5, 0.6) is 0 Å². The van der Waals surface area contributed by atoms with E-state index in [9.17, 15) is 19.2 Å². The van der Waals surface area contributed by atoms with E-state index < -0.39 is 24.5 Å². The predicted molar refractivity (Wildman–Crippen MR) is 108 cm³/mol. The van der Waals surface area contributed by atoms with Crippen molar-refractivity contribution in [3.63, 3.8) is 0 Å². The van der Waals surface area contributed by atoms with Gasteiger partial charge in [-0.3, -0.25) is 9.59 Å². The van der Waals surface area contributed by atoms with Gasteiger partial charge in [0, 0.05) is 12.4 Å². The molecule has 3 aromatic rings. The third-order valence-corrected chi connectivity index (χ3v) is 4.18. The predicted octanol–water partition coefficient (Wildman–Crippen LogP) is 1.91. The summed E-state index contributed by atoms with van der Waals surface area (Å²) >= 11 is 0. The lowest BCUT2D eigenvalue weighted by atomic mass is 10.1. The number of anilines is 1. The van der Waals surface area contributed by atoms with Crippen LogP contribution >= 0.6 is 0 Å². The molecule has 30 heavy (non-hydrogen) atoms. The summed E-state index contributed by atoms with van der Waals surface area (Å²) in [5, 5.41) is 7.13. The van der Waals surface area contributed by atoms with Gasteiger partial charge in [0.15, 0.2) is 12.3 Å². The summed E-state index contributed by atoms with van der Waals surface area (Å²) < 4.78 is 11.1. The normalized spacial score (nSPS) is 10.5. The fourth-order valence-electron chi connectivity index (χ4n) is 2.82. The Kier molecular flexibility index (Phi) is 6.21. The number of carbonyl (C=O) groups is 3. The van der Waals surface area contributed by atoms with Gasteiger partial charge in [-0.05, 0) is 25.1 Å². The Morgan fingerprint density at radius 1 is 0.967 bits per heavy atom. The lowest BCUT2D eigenvalue weighted by molar-refractivity contribution is -0.119. The molecule has 0 aliphatic rings. The van der Waals surface area contributed by atoms with Crippen molar-refractivity contribution in [1.82, 2.24) is 9.78 Å². The Balaban J connectivity index is 1.73. The SMILES string of the molecule is CCOC(=O)c1ccccc1NC(=O)COC(=O)c1nn(C)c(=O)c2ccccc12. The second-order valence-corrected chi connectivity index (χ2v) is 6.21. The van der Waals surface area contributed by atoms with Gasteiger partial charge in [0.25, 0.3) is 11.5 Å². The number of aryl methyl sites for hydroxylation is 1. The number of carbonyl (C=O) groups excluding carboxylic acids is 3. The molecular formula is C21H19N3O6. The number of aromatic nitrogens is 2. The number of hydrogen-bond donors (Lipinski definition) is 1. The molecular weight excluding hydrogens is 390 g/mol. The molecule has 1 amide bonds. The summed E-state index contributed by atoms with van der Waals surface area (Å²) in [5.74, 6) is -2.07. The van der Waals surface area contributed by atoms with E-state index in [0.29, 0.717) is 10.8 Å². The summed E-state index contributed by atoms with van der Waals surface area (Å²) in [6, 6.07) is 12.8. The van der Waals surface area contributed by atoms with E-state index >= 15 is 0 Å². The molecule has 1 heterocycles. The molecule has 0 saturated heterocycles. The first kappa shape index (κ1) is 20.7. The molecule has 9 nitrogen and oxygen atoms in total. The highest BCUT2D eigenvalue weighted by molar-refractivity contribution is 6.04. The van der Waals surface area contributed by atoms with E-state index in [0.717, 1.165) is 4.68 Å². The number of hydrogen-bond acceptors (Lipinski definition) is 7. The lowest BCUT2D eigenvalue weighted by Gasteiger charge is -2.11. The van der Waals surface area contributed by atoms with E-state index in [2.05, 4.69) is 10.4 Å². The summed E-state index contributed by atoms with van der Waals surface area (Å²) in [6.45, 7) is 1.27. The van der Waals surface area contributed by atoms with Gasteiger partial charge in [-0.25, -0.2) is 14.3 Å². The third kappa shape index (κ3) is 4.35. The molecule has 1 N–H and O–H groups in total. The molecule has 1 aromatic heterocycles. The second-order valence-electron chi connectivity index (χ2n) is 6.21. The second kappa shape index (κ2) is 8.99. The van der Waals surface area contributed by atoms with Crippen LogP contribution in [0.25, 0.3) is 10.8 Å². The van der Waals surface area contributed by atoms with Crippen molar-refractivity contribution in [2.45, 2.75) is 6.92 Å². The van der Waals surface area contributed by atoms with Crippen molar-refractivity contribution < 1.29 is 23.9 Å². The van der Waals surface area contributed by atoms with E-state index in [4.69, 9.17) is 9.47 Å². The molecule has 154 valence electrons. The van der Waals surface area contributed by atoms with Crippen LogP contribution in [0.15, 0.2) is 53.3 Å². The molecule has 0 saturated carbocycles. The number of esters is 2. The van der Waals surface area contributed by atoms with Gasteiger partial charge in [-0.2, -0.15) is 5.10 Å². The number of rotatable bonds is 6. The molecule has 2 aromatic carbocycles. The topological polar surface area (TPSA) is 117 Å². The number of fused-ring (bicyclic) bond motifs is 1. The van der Waals surface area contributed by atoms with Gasteiger partial charge < -0.3 is 14.8 Å². The minimum Gasteiger partial charge on any atom is -0.462 e. The number of benzene rings is 2. The van der Waals surface area contributed by atoms with Crippen molar-refractivity contribution in [1.29, 1.82) is 0 Å². The van der Waals surface area contributed by atoms with Gasteiger partial charge in [0.2, 0.25) is 0 Å². The fourth-order valence-corrected chi connectivity index (χ4v) is 2.82. The number of nitrogens with one attached hydrogen (secondary N) is 1. The standard InChI is InChI=1S/C21H19N3O6/c1-3-29-20(27)15-10-6-7-11-16(15)22-17(25)12-30-21(28)18-13-8-4-5-9-14(13)19(26)24(2)23-18/h4-11H,3,12H2,1-2H3,(H,22,25). The molecule has 0 aliphatic heterocycles. The number of para-hydroxylation sites is 1. The van der Waals surface area contributed by atoms with Gasteiger partial charge >= 0.3 is 11.9 Å². The van der Waals surface area contributed by atoms with Gasteiger partial charge in [0.05, 0.1) is 23.2 Å². The molecule has 0 fully saturated rings. The minimum absolute atomic E-state index is 0.0765. The van der Waals surface area contributed by atoms with E-state index in [1.54, 1.807) is 43.3 Å². The highest BCUT2D eigenvalue weighted by Gasteiger charge is 2.19. The molecule has 0 radical (unpaired) electrons. The Bertz CT molecular complexity index is 1180. The largest absolute Gasteiger partial charge is 0.462 e. The monoisotopic (exact) mass is 409 g/mol. The fraction of sp³-hybridized carbons (Fsp3) is 0.190. The van der Waals surface area contributed by atoms with E-state index in [1.807, 2.05) is 0 Å². The highest BCUT2D eigenvalue weighted by atomic mass is 16.5. The summed E-state index contributed by atoms with van der Waals surface area (Å²) in [6.07, 6.45) is 0. The van der Waals surface area contributed by atoms with Crippen LogP contribution in [0.1, 0.15) is 27.8 Å². The maximum Gasteiger partial charge on any atom is 0.359 e. The van der Waals surface area contributed by atoms with E-state index in [1.165, 1.54) is 19.2 Å². The van der Waals surface area contributed by atoms with Crippen LogP contribution < -0.4 is 10.9 Å². The van der Waals surface area contributed by atoms with Crippen LogP contribution in [0.3, 0.4) is 0 Å². The zero-order chi connectivity index (χ0) is 21.7. The van der Waals surface area contributed by atoms with Crippen LogP contribution in [-0.4, -0.2) is 40.8 Å². The van der Waals surface area contributed by atoms with Crippen molar-refractivity contribution in [2.24, 2.45) is 7.05 Å². The molecule has 0 bridgehead atoms. The van der Waals surface area contributed by atoms with Crippen molar-refractivity contribution in [2.75, 3.05) is 18.5 Å². The molecule has 3 rings (SSSR count). The molecule has 9 heteroatoms. The Morgan fingerprint density at radius 3 is 2.37 bits per heavy atom. The van der Waals surface area contributed by atoms with Crippen molar-refractivity contribution in [3.05, 3.63) is 70.1 Å². The first-order valence-corrected chi connectivity index (χ1v) is 9.11. The van der Waals surface area contributed by atoms with E-state index in [-0.39, 0.29) is 29.1 Å². The number of nitrogens with zero attached hydrogens (tertiary/aromatic N) is 2. The average Bonchev–Trinajstić information content (AvgIpc) is 2.75. The van der Waals surface area contributed by atoms with Gasteiger partial charge in [-0.15, -0.1) is 0 Å². The number of amides is 1. The Labute approximate surface area is 171 Å². The maximum absolute atomic E-state index is 12.5. The van der Waals surface area contributed by atoms with Crippen LogP contribution in [-0.2, 0) is 21.3 Å². The first-order valence-electron chi connectivity index (χ1n) is 9.11. The quantitative estimate of drug-likeness (QED) is 0.618. The minimum atomic E-state index is -0.851. The molecule has 0 unspecified atom stereocenters. The Morgan fingerprint density at radius 2 is 1.63 bits per heavy atom. The zero-order valence-electron chi connectivity index (χ0n) is 16.4. The summed E-state index contributed by atoms with van der Waals surface area (Å²) in [4.78, 5) is 48.9. The van der Waals surface area contributed by atoms with Gasteiger partial charge in [-0.1, -0.05) is 30.3 Å². The molecule has 0 spiro atoms. The van der Waals surface area contributed by atoms with Crippen LogP contribution in [0.4, 0.5) is 5.69 Å². The Hall–Kier alpha value is -4.01. The number of ether oxygens (including phenoxy) is 2. The average molecular weight is 409 g/mol. The van der Waals surface area contributed by atoms with Crippen molar-refractivity contribution >= 4 is 34.3 Å². The molecule has 0 atom stereocenters. The zero-order valence-corrected chi connectivity index (χ0v) is 16.4. The molecule has 0 aliphatic carbocycles. The van der Waals surface area contributed by atoms with Crippen molar-refractivity contribution in [3.8, 4) is 0 Å². The maximum atomic E-state index is 12.5. The third-order valence-electron chi connectivity index (χ3n) is 4.18. The lowest BCUT2D eigenvalue weighted by Crippen LogP contribution is -2.26. The first-order chi connectivity index (χ1) is 14.4. The van der Waals surface area contributed by atoms with Gasteiger partial charge in [0.1, 0.15) is 0 Å². The summed E-state index contributed by atoms with van der Waals surface area (Å²) in [5.41, 5.74) is -0.00434. The smallest absolute Gasteiger partial charge is 0.359 e. The highest BCUT2D eigenvalue weighted by Crippen LogP contribution is 2.17. The van der Waals surface area contributed by atoms with Crippen LogP contribution in [0, 0.1) is 0 Å². The van der Waals surface area contributed by atoms with Crippen LogP contribution in [0.2, 0.25) is 0 Å². The summed E-state index contributed by atoms with van der Waals surface area (Å²) in [7, 11) is 1.42.